The fourth-order valence-electron chi connectivity index (χ4n) is 2.41. The Morgan fingerprint density at radius 2 is 1.79 bits per heavy atom. The maximum absolute atomic E-state index is 12.5. The topological polar surface area (TPSA) is 114 Å². The summed E-state index contributed by atoms with van der Waals surface area (Å²) in [5.41, 5.74) is 5.99. The molecule has 0 fully saturated rings. The van der Waals surface area contributed by atoms with Gasteiger partial charge in [0.2, 0.25) is 0 Å². The highest BCUT2D eigenvalue weighted by Gasteiger charge is 2.25. The van der Waals surface area contributed by atoms with E-state index >= 15 is 0 Å². The highest BCUT2D eigenvalue weighted by molar-refractivity contribution is 6.42. The van der Waals surface area contributed by atoms with Gasteiger partial charge in [0.25, 0.3) is 11.8 Å². The number of benzene rings is 2. The van der Waals surface area contributed by atoms with E-state index in [4.69, 9.17) is 40.1 Å². The van der Waals surface area contributed by atoms with E-state index in [0.29, 0.717) is 21.8 Å². The molecule has 0 aliphatic rings. The molecule has 2 amide bonds. The Kier molecular flexibility index (Phi) is 7.71. The molecule has 0 aromatic heterocycles. The van der Waals surface area contributed by atoms with Crippen LogP contribution in [0.5, 0.6) is 0 Å². The number of anilines is 1. The van der Waals surface area contributed by atoms with Crippen LogP contribution < -0.4 is 16.2 Å². The molecule has 0 aliphatic carbocycles. The maximum atomic E-state index is 12.5. The zero-order chi connectivity index (χ0) is 21.7. The minimum Gasteiger partial charge on any atom is -0.391 e. The molecule has 10 heteroatoms. The van der Waals surface area contributed by atoms with Gasteiger partial charge in [-0.25, -0.2) is 0 Å². The number of nitrogens with one attached hydrogen (secondary N) is 3. The van der Waals surface area contributed by atoms with Crippen molar-refractivity contribution in [2.45, 2.75) is 26.0 Å². The number of hydrazine groups is 1. The molecule has 0 spiro atoms. The van der Waals surface area contributed by atoms with Crippen molar-refractivity contribution >= 4 is 52.3 Å². The van der Waals surface area contributed by atoms with Crippen LogP contribution in [0.25, 0.3) is 0 Å². The molecule has 0 saturated heterocycles. The van der Waals surface area contributed by atoms with Crippen LogP contribution >= 0.6 is 34.8 Å². The van der Waals surface area contributed by atoms with E-state index in [1.54, 1.807) is 13.0 Å². The number of hydrogen-bond donors (Lipinski definition) is 4. The van der Waals surface area contributed by atoms with Gasteiger partial charge >= 0.3 is 0 Å². The lowest BCUT2D eigenvalue weighted by molar-refractivity contribution is -0.124. The Morgan fingerprint density at radius 1 is 1.10 bits per heavy atom. The van der Waals surface area contributed by atoms with Crippen molar-refractivity contribution in [3.05, 3.63) is 62.1 Å². The molecule has 0 saturated carbocycles. The zero-order valence-corrected chi connectivity index (χ0v) is 17.7. The predicted molar refractivity (Wildman–Crippen MR) is 112 cm³/mol. The molecule has 4 N–H and O–H groups in total. The third kappa shape index (κ3) is 5.52. The fraction of sp³-hybridized carbons (Fsp3) is 0.211. The van der Waals surface area contributed by atoms with Crippen molar-refractivity contribution < 1.29 is 14.7 Å². The molecule has 0 bridgehead atoms. The van der Waals surface area contributed by atoms with Gasteiger partial charge in [-0.2, -0.15) is 5.26 Å². The van der Waals surface area contributed by atoms with Gasteiger partial charge in [-0.1, -0.05) is 34.8 Å². The summed E-state index contributed by atoms with van der Waals surface area (Å²) < 4.78 is 0. The van der Waals surface area contributed by atoms with Crippen molar-refractivity contribution in [3.63, 3.8) is 0 Å². The van der Waals surface area contributed by atoms with E-state index in [2.05, 4.69) is 16.2 Å². The summed E-state index contributed by atoms with van der Waals surface area (Å²) in [5, 5.41) is 22.6. The van der Waals surface area contributed by atoms with Crippen molar-refractivity contribution in [2.24, 2.45) is 0 Å². The summed E-state index contributed by atoms with van der Waals surface area (Å²) in [6, 6.07) is 8.20. The standard InChI is InChI=1S/C19H17Cl3N4O3/c1-9-15(6-4-12(8-23)16(9)22)24-17(10(2)27)19(29)26-25-18(28)11-3-5-13(20)14(21)7-11/h3-7,10,17,24,27H,1-2H3,(H,25,28)(H,26,29). The van der Waals surface area contributed by atoms with Crippen LogP contribution in [0.15, 0.2) is 30.3 Å². The van der Waals surface area contributed by atoms with Gasteiger partial charge in [0.1, 0.15) is 12.1 Å². The number of nitrogens with zero attached hydrogens (tertiary/aromatic N) is 1. The highest BCUT2D eigenvalue weighted by Crippen LogP contribution is 2.27. The summed E-state index contributed by atoms with van der Waals surface area (Å²) in [6.45, 7) is 3.09. The Hall–Kier alpha value is -2.50. The molecule has 152 valence electrons. The van der Waals surface area contributed by atoms with E-state index in [-0.39, 0.29) is 15.6 Å². The van der Waals surface area contributed by atoms with Crippen LogP contribution in [-0.2, 0) is 4.79 Å². The molecule has 0 heterocycles. The number of aliphatic hydroxyl groups is 1. The van der Waals surface area contributed by atoms with E-state index in [0.717, 1.165) is 0 Å². The highest BCUT2D eigenvalue weighted by atomic mass is 35.5. The summed E-state index contributed by atoms with van der Waals surface area (Å²) in [6.07, 6.45) is -1.11. The molecular weight excluding hydrogens is 439 g/mol. The average Bonchev–Trinajstić information content (AvgIpc) is 2.68. The normalized spacial score (nSPS) is 12.4. The molecule has 2 aromatic rings. The van der Waals surface area contributed by atoms with E-state index in [1.165, 1.54) is 31.2 Å². The van der Waals surface area contributed by atoms with Crippen LogP contribution in [0.3, 0.4) is 0 Å². The second-order valence-electron chi connectivity index (χ2n) is 6.15. The summed E-state index contributed by atoms with van der Waals surface area (Å²) in [7, 11) is 0. The van der Waals surface area contributed by atoms with Crippen molar-refractivity contribution in [1.29, 1.82) is 5.26 Å². The lowest BCUT2D eigenvalue weighted by atomic mass is 10.1. The van der Waals surface area contributed by atoms with E-state index in [9.17, 15) is 14.7 Å². The van der Waals surface area contributed by atoms with Gasteiger partial charge in [0, 0.05) is 11.3 Å². The molecular formula is C19H17Cl3N4O3. The van der Waals surface area contributed by atoms with Crippen LogP contribution in [0, 0.1) is 18.3 Å². The molecule has 29 heavy (non-hydrogen) atoms. The van der Waals surface area contributed by atoms with Gasteiger partial charge in [0.05, 0.1) is 26.7 Å². The van der Waals surface area contributed by atoms with Gasteiger partial charge in [-0.3, -0.25) is 20.4 Å². The first kappa shape index (κ1) is 22.8. The minimum atomic E-state index is -1.11. The molecule has 0 aliphatic heterocycles. The van der Waals surface area contributed by atoms with Crippen molar-refractivity contribution in [3.8, 4) is 6.07 Å². The number of carbonyl (C=O) groups is 2. The van der Waals surface area contributed by atoms with Gasteiger partial charge in [-0.05, 0) is 49.7 Å². The first-order valence-electron chi connectivity index (χ1n) is 8.34. The number of hydrogen-bond acceptors (Lipinski definition) is 5. The van der Waals surface area contributed by atoms with Gasteiger partial charge in [0.15, 0.2) is 0 Å². The summed E-state index contributed by atoms with van der Waals surface area (Å²) in [5.74, 6) is -1.30. The third-order valence-corrected chi connectivity index (χ3v) is 5.29. The van der Waals surface area contributed by atoms with Crippen LogP contribution in [0.1, 0.15) is 28.4 Å². The Morgan fingerprint density at radius 3 is 2.38 bits per heavy atom. The molecule has 2 atom stereocenters. The van der Waals surface area contributed by atoms with E-state index in [1.807, 2.05) is 6.07 Å². The number of amides is 2. The zero-order valence-electron chi connectivity index (χ0n) is 15.4. The second kappa shape index (κ2) is 9.81. The number of nitriles is 1. The van der Waals surface area contributed by atoms with Crippen LogP contribution in [0.4, 0.5) is 5.69 Å². The first-order valence-corrected chi connectivity index (χ1v) is 9.48. The Labute approximate surface area is 182 Å². The molecule has 2 unspecified atom stereocenters. The largest absolute Gasteiger partial charge is 0.391 e. The minimum absolute atomic E-state index is 0.191. The monoisotopic (exact) mass is 454 g/mol. The summed E-state index contributed by atoms with van der Waals surface area (Å²) >= 11 is 17.8. The molecule has 2 rings (SSSR count). The van der Waals surface area contributed by atoms with Gasteiger partial charge < -0.3 is 10.4 Å². The number of halogens is 3. The quantitative estimate of drug-likeness (QED) is 0.516. The SMILES string of the molecule is Cc1c(NC(C(=O)NNC(=O)c2ccc(Cl)c(Cl)c2)C(C)O)ccc(C#N)c1Cl. The van der Waals surface area contributed by atoms with E-state index < -0.39 is 24.0 Å². The van der Waals surface area contributed by atoms with Gasteiger partial charge in [-0.15, -0.1) is 0 Å². The van der Waals surface area contributed by atoms with Crippen LogP contribution in [-0.4, -0.2) is 29.1 Å². The number of rotatable bonds is 5. The smallest absolute Gasteiger partial charge is 0.269 e. The predicted octanol–water partition coefficient (Wildman–Crippen LogP) is 3.45. The Bertz CT molecular complexity index is 989. The lowest BCUT2D eigenvalue weighted by Crippen LogP contribution is -2.52. The summed E-state index contributed by atoms with van der Waals surface area (Å²) in [4.78, 5) is 24.7. The lowest BCUT2D eigenvalue weighted by Gasteiger charge is -2.23. The molecule has 2 aromatic carbocycles. The average molecular weight is 456 g/mol. The molecule has 0 radical (unpaired) electrons. The third-order valence-electron chi connectivity index (χ3n) is 4.06. The second-order valence-corrected chi connectivity index (χ2v) is 7.34. The number of aliphatic hydroxyl groups excluding tert-OH is 1. The Balaban J connectivity index is 2.10. The first-order chi connectivity index (χ1) is 13.6. The molecule has 7 nitrogen and oxygen atoms in total. The van der Waals surface area contributed by atoms with Crippen LogP contribution in [0.2, 0.25) is 15.1 Å². The fourth-order valence-corrected chi connectivity index (χ4v) is 2.91. The number of carbonyl (C=O) groups excluding carboxylic acids is 2. The maximum Gasteiger partial charge on any atom is 0.269 e. The van der Waals surface area contributed by atoms with Crippen molar-refractivity contribution in [1.82, 2.24) is 10.9 Å². The van der Waals surface area contributed by atoms with Crippen molar-refractivity contribution in [2.75, 3.05) is 5.32 Å².